The molecule has 0 rings (SSSR count). The predicted molar refractivity (Wildman–Crippen MR) is 65.3 cm³/mol. The molecule has 0 aliphatic heterocycles. The van der Waals surface area contributed by atoms with Gasteiger partial charge in [-0.05, 0) is 34.1 Å². The molecule has 0 aliphatic rings. The van der Waals surface area contributed by atoms with Crippen LogP contribution >= 0.6 is 0 Å². The van der Waals surface area contributed by atoms with E-state index < -0.39 is 11.7 Å². The number of carbonyl (C=O) groups excluding carboxylic acids is 2. The molecule has 1 unspecified atom stereocenters. The van der Waals surface area contributed by atoms with Crippen molar-refractivity contribution >= 4 is 12.1 Å². The van der Waals surface area contributed by atoms with Gasteiger partial charge in [-0.25, -0.2) is 4.79 Å². The minimum Gasteiger partial charge on any atom is -0.469 e. The molecule has 1 amide bonds. The molecule has 0 spiro atoms. The summed E-state index contributed by atoms with van der Waals surface area (Å²) in [6.45, 7) is 7.15. The average molecular weight is 248 g/mol. The molecule has 0 fully saturated rings. The molecular weight excluding hydrogens is 224 g/mol. The van der Waals surface area contributed by atoms with Gasteiger partial charge in [-0.2, -0.15) is 0 Å². The van der Waals surface area contributed by atoms with Crippen LogP contribution < -0.4 is 11.5 Å². The molecular formula is C11H24N2O4. The first kappa shape index (κ1) is 18.1. The molecule has 17 heavy (non-hydrogen) atoms. The molecule has 0 aromatic heterocycles. The van der Waals surface area contributed by atoms with Crippen LogP contribution in [-0.2, 0) is 14.3 Å². The summed E-state index contributed by atoms with van der Waals surface area (Å²) < 4.78 is 8.98. The van der Waals surface area contributed by atoms with Crippen LogP contribution in [0.25, 0.3) is 0 Å². The molecule has 0 aromatic rings. The Hall–Kier alpha value is -1.30. The summed E-state index contributed by atoms with van der Waals surface area (Å²) >= 11 is 0. The summed E-state index contributed by atoms with van der Waals surface area (Å²) in [7, 11) is 1.38. The minimum atomic E-state index is -0.725. The van der Waals surface area contributed by atoms with E-state index in [-0.39, 0.29) is 12.0 Å². The van der Waals surface area contributed by atoms with Gasteiger partial charge in [0.05, 0.1) is 7.11 Å². The molecule has 0 saturated heterocycles. The number of nitrogens with two attached hydrogens (primary N) is 2. The molecule has 1 atom stereocenters. The number of hydrogen-bond donors (Lipinski definition) is 2. The smallest absolute Gasteiger partial charge is 0.405 e. The fraction of sp³-hybridized carbons (Fsp3) is 0.818. The van der Waals surface area contributed by atoms with E-state index in [4.69, 9.17) is 11.5 Å². The summed E-state index contributed by atoms with van der Waals surface area (Å²) in [4.78, 5) is 20.5. The van der Waals surface area contributed by atoms with Gasteiger partial charge in [0.1, 0.15) is 5.60 Å². The highest BCUT2D eigenvalue weighted by atomic mass is 16.6. The third-order valence-electron chi connectivity index (χ3n) is 1.44. The molecule has 0 saturated carbocycles. The first-order chi connectivity index (χ1) is 7.58. The van der Waals surface area contributed by atoms with Gasteiger partial charge in [0.2, 0.25) is 0 Å². The second-order valence-electron chi connectivity index (χ2n) is 4.63. The Morgan fingerprint density at radius 2 is 1.76 bits per heavy atom. The van der Waals surface area contributed by atoms with Gasteiger partial charge < -0.3 is 20.9 Å². The number of carbonyl (C=O) groups is 2. The highest BCUT2D eigenvalue weighted by Crippen LogP contribution is 2.04. The maximum absolute atomic E-state index is 10.4. The highest BCUT2D eigenvalue weighted by molar-refractivity contribution is 5.69. The number of esters is 1. The van der Waals surface area contributed by atoms with Crippen molar-refractivity contribution in [3.05, 3.63) is 0 Å². The Morgan fingerprint density at radius 3 is 1.94 bits per heavy atom. The first-order valence-electron chi connectivity index (χ1n) is 5.39. The van der Waals surface area contributed by atoms with Gasteiger partial charge in [-0.15, -0.1) is 0 Å². The van der Waals surface area contributed by atoms with Crippen molar-refractivity contribution in [2.24, 2.45) is 11.5 Å². The van der Waals surface area contributed by atoms with E-state index in [0.717, 1.165) is 0 Å². The standard InChI is InChI=1S/C6H13NO2.C5H11NO2/c1-5(7)3-4-6(8)9-2;1-5(2,3)8-4(6)7/h5H,3-4,7H2,1-2H3;1-3H3,(H2,6,7). The largest absolute Gasteiger partial charge is 0.469 e. The van der Waals surface area contributed by atoms with Crippen LogP contribution in [0.4, 0.5) is 4.79 Å². The van der Waals surface area contributed by atoms with E-state index in [0.29, 0.717) is 12.8 Å². The molecule has 6 heteroatoms. The van der Waals surface area contributed by atoms with Gasteiger partial charge in [-0.3, -0.25) is 4.79 Å². The summed E-state index contributed by atoms with van der Waals surface area (Å²) in [6, 6.07) is 0.0871. The van der Waals surface area contributed by atoms with Crippen LogP contribution in [-0.4, -0.2) is 30.8 Å². The van der Waals surface area contributed by atoms with Crippen LogP contribution in [0.15, 0.2) is 0 Å². The van der Waals surface area contributed by atoms with Crippen molar-refractivity contribution in [2.45, 2.75) is 52.2 Å². The monoisotopic (exact) mass is 248 g/mol. The SMILES string of the molecule is CC(C)(C)OC(N)=O.COC(=O)CCC(C)N. The van der Waals surface area contributed by atoms with Crippen LogP contribution in [0.3, 0.4) is 0 Å². The number of rotatable bonds is 3. The second kappa shape index (κ2) is 8.81. The van der Waals surface area contributed by atoms with E-state index >= 15 is 0 Å². The fourth-order valence-corrected chi connectivity index (χ4v) is 0.749. The van der Waals surface area contributed by atoms with E-state index in [1.165, 1.54) is 7.11 Å². The van der Waals surface area contributed by atoms with Crippen molar-refractivity contribution in [1.29, 1.82) is 0 Å². The zero-order chi connectivity index (χ0) is 14.1. The van der Waals surface area contributed by atoms with Crippen molar-refractivity contribution < 1.29 is 19.1 Å². The van der Waals surface area contributed by atoms with Gasteiger partial charge in [0, 0.05) is 12.5 Å². The third kappa shape index (κ3) is 20.7. The van der Waals surface area contributed by atoms with Gasteiger partial charge in [-0.1, -0.05) is 0 Å². The average Bonchev–Trinajstić information content (AvgIpc) is 2.10. The zero-order valence-electron chi connectivity index (χ0n) is 11.3. The number of primary amides is 1. The van der Waals surface area contributed by atoms with Crippen molar-refractivity contribution in [2.75, 3.05) is 7.11 Å². The lowest BCUT2D eigenvalue weighted by Gasteiger charge is -2.16. The summed E-state index contributed by atoms with van der Waals surface area (Å²) in [5, 5.41) is 0. The van der Waals surface area contributed by atoms with Crippen molar-refractivity contribution in [3.8, 4) is 0 Å². The second-order valence-corrected chi connectivity index (χ2v) is 4.63. The fourth-order valence-electron chi connectivity index (χ4n) is 0.749. The first-order valence-corrected chi connectivity index (χ1v) is 5.39. The lowest BCUT2D eigenvalue weighted by Crippen LogP contribution is -2.27. The van der Waals surface area contributed by atoms with E-state index in [1.807, 2.05) is 6.92 Å². The van der Waals surface area contributed by atoms with Crippen molar-refractivity contribution in [3.63, 3.8) is 0 Å². The van der Waals surface area contributed by atoms with Gasteiger partial charge in [0.25, 0.3) is 0 Å². The molecule has 0 radical (unpaired) electrons. The van der Waals surface area contributed by atoms with Crippen LogP contribution in [0.1, 0.15) is 40.5 Å². The molecule has 6 nitrogen and oxygen atoms in total. The van der Waals surface area contributed by atoms with Crippen LogP contribution in [0, 0.1) is 0 Å². The lowest BCUT2D eigenvalue weighted by atomic mass is 10.2. The molecule has 0 aromatic carbocycles. The van der Waals surface area contributed by atoms with E-state index in [2.05, 4.69) is 9.47 Å². The molecule has 4 N–H and O–H groups in total. The Balaban J connectivity index is 0. The number of amides is 1. The zero-order valence-corrected chi connectivity index (χ0v) is 11.3. The highest BCUT2D eigenvalue weighted by Gasteiger charge is 2.12. The molecule has 0 bridgehead atoms. The maximum Gasteiger partial charge on any atom is 0.405 e. The third-order valence-corrected chi connectivity index (χ3v) is 1.44. The maximum atomic E-state index is 10.4. The molecule has 0 aliphatic carbocycles. The summed E-state index contributed by atoms with van der Waals surface area (Å²) in [6.07, 6.45) is 0.401. The Morgan fingerprint density at radius 1 is 1.29 bits per heavy atom. The Kier molecular flexibility index (Phi) is 9.36. The van der Waals surface area contributed by atoms with Gasteiger partial charge in [0.15, 0.2) is 0 Å². The number of methoxy groups -OCH3 is 1. The Labute approximate surface area is 103 Å². The number of hydrogen-bond acceptors (Lipinski definition) is 5. The Bertz CT molecular complexity index is 234. The van der Waals surface area contributed by atoms with Crippen molar-refractivity contribution in [1.82, 2.24) is 0 Å². The minimum absolute atomic E-state index is 0.0871. The molecule has 102 valence electrons. The van der Waals surface area contributed by atoms with E-state index in [1.54, 1.807) is 20.8 Å². The van der Waals surface area contributed by atoms with Crippen LogP contribution in [0.5, 0.6) is 0 Å². The normalized spacial score (nSPS) is 11.9. The van der Waals surface area contributed by atoms with Gasteiger partial charge >= 0.3 is 12.1 Å². The summed E-state index contributed by atoms with van der Waals surface area (Å²) in [5.74, 6) is -0.188. The summed E-state index contributed by atoms with van der Waals surface area (Å²) in [5.41, 5.74) is 9.65. The lowest BCUT2D eigenvalue weighted by molar-refractivity contribution is -0.140. The van der Waals surface area contributed by atoms with Crippen LogP contribution in [0.2, 0.25) is 0 Å². The van der Waals surface area contributed by atoms with E-state index in [9.17, 15) is 9.59 Å². The number of ether oxygens (including phenoxy) is 2. The molecule has 0 heterocycles. The quantitative estimate of drug-likeness (QED) is 0.729. The predicted octanol–water partition coefficient (Wildman–Crippen LogP) is 1.17. The topological polar surface area (TPSA) is 105 Å².